The van der Waals surface area contributed by atoms with Crippen LogP contribution in [0.3, 0.4) is 0 Å². The minimum Gasteiger partial charge on any atom is -0.490 e. The molecule has 5 nitrogen and oxygen atoms in total. The van der Waals surface area contributed by atoms with E-state index in [0.29, 0.717) is 18.1 Å². The minimum atomic E-state index is -0.0424. The largest absolute Gasteiger partial charge is 0.490 e. The van der Waals surface area contributed by atoms with Crippen LogP contribution < -0.4 is 10.5 Å². The van der Waals surface area contributed by atoms with Gasteiger partial charge in [-0.1, -0.05) is 0 Å². The number of nitrogen functional groups attached to an aromatic ring is 1. The molecule has 0 saturated heterocycles. The lowest BCUT2D eigenvalue weighted by molar-refractivity contribution is 0.114. The first-order valence-electron chi connectivity index (χ1n) is 5.43. The van der Waals surface area contributed by atoms with Crippen LogP contribution >= 0.6 is 0 Å². The van der Waals surface area contributed by atoms with Crippen molar-refractivity contribution in [2.75, 3.05) is 20.7 Å². The van der Waals surface area contributed by atoms with E-state index in [4.69, 9.17) is 15.9 Å². The highest BCUT2D eigenvalue weighted by atomic mass is 16.5. The van der Waals surface area contributed by atoms with Crippen LogP contribution in [0.4, 0.5) is 0 Å². The molecule has 17 heavy (non-hydrogen) atoms. The van der Waals surface area contributed by atoms with Crippen molar-refractivity contribution in [1.29, 1.82) is 5.41 Å². The maximum atomic E-state index is 7.23. The van der Waals surface area contributed by atoms with Crippen LogP contribution in [-0.4, -0.2) is 42.0 Å². The first-order valence-corrected chi connectivity index (χ1v) is 5.43. The Hall–Kier alpha value is -1.62. The number of nitrogens with one attached hydrogen (secondary N) is 1. The first-order chi connectivity index (χ1) is 7.83. The SMILES string of the molecule is CN(C)C(C)(C)COc1ccc(C(=N)N)nc1. The molecule has 1 heterocycles. The van der Waals surface area contributed by atoms with Crippen molar-refractivity contribution in [3.8, 4) is 5.75 Å². The predicted molar refractivity (Wildman–Crippen MR) is 68.5 cm³/mol. The zero-order valence-electron chi connectivity index (χ0n) is 10.8. The summed E-state index contributed by atoms with van der Waals surface area (Å²) in [7, 11) is 4.03. The number of pyridine rings is 1. The lowest BCUT2D eigenvalue weighted by Gasteiger charge is -2.32. The summed E-state index contributed by atoms with van der Waals surface area (Å²) in [5, 5.41) is 7.23. The molecule has 0 radical (unpaired) electrons. The fourth-order valence-corrected chi connectivity index (χ4v) is 1.01. The van der Waals surface area contributed by atoms with Crippen molar-refractivity contribution in [3.05, 3.63) is 24.0 Å². The van der Waals surface area contributed by atoms with E-state index in [1.807, 2.05) is 14.1 Å². The Morgan fingerprint density at radius 1 is 1.47 bits per heavy atom. The minimum absolute atomic E-state index is 0.0369. The van der Waals surface area contributed by atoms with E-state index in [1.54, 1.807) is 18.3 Å². The zero-order valence-corrected chi connectivity index (χ0v) is 10.8. The second kappa shape index (κ2) is 5.14. The molecule has 0 spiro atoms. The summed E-state index contributed by atoms with van der Waals surface area (Å²) in [5.74, 6) is 0.648. The van der Waals surface area contributed by atoms with Gasteiger partial charge in [0.05, 0.1) is 6.20 Å². The molecule has 1 aromatic heterocycles. The molecule has 0 fully saturated rings. The molecular weight excluding hydrogens is 216 g/mol. The molecule has 0 saturated carbocycles. The Kier molecular flexibility index (Phi) is 4.07. The lowest BCUT2D eigenvalue weighted by atomic mass is 10.1. The molecule has 1 aromatic rings. The highest BCUT2D eigenvalue weighted by Gasteiger charge is 2.21. The fourth-order valence-electron chi connectivity index (χ4n) is 1.01. The topological polar surface area (TPSA) is 75.2 Å². The van der Waals surface area contributed by atoms with Gasteiger partial charge >= 0.3 is 0 Å². The van der Waals surface area contributed by atoms with Gasteiger partial charge in [-0.3, -0.25) is 5.41 Å². The summed E-state index contributed by atoms with van der Waals surface area (Å²) in [4.78, 5) is 6.14. The molecule has 94 valence electrons. The van der Waals surface area contributed by atoms with Gasteiger partial charge in [-0.25, -0.2) is 4.98 Å². The maximum Gasteiger partial charge on any atom is 0.141 e. The predicted octanol–water partition coefficient (Wildman–Crippen LogP) is 1.08. The van der Waals surface area contributed by atoms with Crippen LogP contribution in [0, 0.1) is 5.41 Å². The van der Waals surface area contributed by atoms with Crippen LogP contribution in [0.1, 0.15) is 19.5 Å². The van der Waals surface area contributed by atoms with Crippen molar-refractivity contribution < 1.29 is 4.74 Å². The molecule has 5 heteroatoms. The number of likely N-dealkylation sites (N-methyl/N-ethyl adjacent to an activating group) is 1. The fraction of sp³-hybridized carbons (Fsp3) is 0.500. The van der Waals surface area contributed by atoms with Gasteiger partial charge in [0.15, 0.2) is 0 Å². The number of ether oxygens (including phenoxy) is 1. The molecule has 0 aliphatic carbocycles. The Morgan fingerprint density at radius 2 is 2.12 bits per heavy atom. The Labute approximate surface area is 102 Å². The van der Waals surface area contributed by atoms with Crippen molar-refractivity contribution >= 4 is 5.84 Å². The van der Waals surface area contributed by atoms with Crippen molar-refractivity contribution in [2.24, 2.45) is 5.73 Å². The first kappa shape index (κ1) is 13.4. The van der Waals surface area contributed by atoms with E-state index in [-0.39, 0.29) is 11.4 Å². The molecular formula is C12H20N4O. The zero-order chi connectivity index (χ0) is 13.1. The molecule has 0 amide bonds. The smallest absolute Gasteiger partial charge is 0.141 e. The molecule has 1 rings (SSSR count). The van der Waals surface area contributed by atoms with Crippen molar-refractivity contribution in [3.63, 3.8) is 0 Å². The van der Waals surface area contributed by atoms with Gasteiger partial charge in [0.25, 0.3) is 0 Å². The molecule has 3 N–H and O–H groups in total. The number of hydrogen-bond acceptors (Lipinski definition) is 4. The number of aromatic nitrogens is 1. The van der Waals surface area contributed by atoms with E-state index in [9.17, 15) is 0 Å². The Morgan fingerprint density at radius 3 is 2.53 bits per heavy atom. The van der Waals surface area contributed by atoms with Crippen LogP contribution in [0.15, 0.2) is 18.3 Å². The standard InChI is InChI=1S/C12H20N4O/c1-12(2,16(3)4)8-17-9-5-6-10(11(13)14)15-7-9/h5-7H,8H2,1-4H3,(H3,13,14). The van der Waals surface area contributed by atoms with Gasteiger partial charge in [0.1, 0.15) is 23.9 Å². The normalized spacial score (nSPS) is 11.6. The molecule has 0 aliphatic rings. The molecule has 0 atom stereocenters. The summed E-state index contributed by atoms with van der Waals surface area (Å²) in [6, 6.07) is 3.45. The third-order valence-corrected chi connectivity index (χ3v) is 2.82. The summed E-state index contributed by atoms with van der Waals surface area (Å²) < 4.78 is 5.65. The van der Waals surface area contributed by atoms with Crippen LogP contribution in [0.25, 0.3) is 0 Å². The monoisotopic (exact) mass is 236 g/mol. The van der Waals surface area contributed by atoms with Gasteiger partial charge in [-0.15, -0.1) is 0 Å². The Bertz CT molecular complexity index is 384. The summed E-state index contributed by atoms with van der Waals surface area (Å²) in [6.45, 7) is 4.77. The van der Waals surface area contributed by atoms with Gasteiger partial charge in [0, 0.05) is 5.54 Å². The lowest BCUT2D eigenvalue weighted by Crippen LogP contribution is -2.43. The average molecular weight is 236 g/mol. The molecule has 0 bridgehead atoms. The molecule has 0 unspecified atom stereocenters. The number of rotatable bonds is 5. The summed E-state index contributed by atoms with van der Waals surface area (Å²) in [6.07, 6.45) is 1.59. The highest BCUT2D eigenvalue weighted by molar-refractivity contribution is 5.92. The van der Waals surface area contributed by atoms with E-state index >= 15 is 0 Å². The number of nitrogens with two attached hydrogens (primary N) is 1. The van der Waals surface area contributed by atoms with Gasteiger partial charge in [0.2, 0.25) is 0 Å². The van der Waals surface area contributed by atoms with E-state index in [0.717, 1.165) is 0 Å². The van der Waals surface area contributed by atoms with Gasteiger partial charge in [-0.05, 0) is 40.1 Å². The van der Waals surface area contributed by atoms with Crippen molar-refractivity contribution in [1.82, 2.24) is 9.88 Å². The highest BCUT2D eigenvalue weighted by Crippen LogP contribution is 2.15. The average Bonchev–Trinajstić information content (AvgIpc) is 2.27. The second-order valence-electron chi connectivity index (χ2n) is 4.79. The van der Waals surface area contributed by atoms with Gasteiger partial charge in [-0.2, -0.15) is 0 Å². The van der Waals surface area contributed by atoms with E-state index in [2.05, 4.69) is 23.7 Å². The van der Waals surface area contributed by atoms with E-state index in [1.165, 1.54) is 0 Å². The quantitative estimate of drug-likeness (QED) is 0.592. The number of hydrogen-bond donors (Lipinski definition) is 2. The van der Waals surface area contributed by atoms with Crippen molar-refractivity contribution in [2.45, 2.75) is 19.4 Å². The van der Waals surface area contributed by atoms with Crippen LogP contribution in [-0.2, 0) is 0 Å². The summed E-state index contributed by atoms with van der Waals surface area (Å²) in [5.41, 5.74) is 5.74. The van der Waals surface area contributed by atoms with E-state index < -0.39 is 0 Å². The number of nitrogens with zero attached hydrogens (tertiary/aromatic N) is 2. The number of amidine groups is 1. The third-order valence-electron chi connectivity index (χ3n) is 2.82. The van der Waals surface area contributed by atoms with Gasteiger partial charge < -0.3 is 15.4 Å². The second-order valence-corrected chi connectivity index (χ2v) is 4.79. The van der Waals surface area contributed by atoms with Crippen LogP contribution in [0.2, 0.25) is 0 Å². The third kappa shape index (κ3) is 3.71. The molecule has 0 aliphatic heterocycles. The Balaban J connectivity index is 2.62. The summed E-state index contributed by atoms with van der Waals surface area (Å²) >= 11 is 0. The maximum absolute atomic E-state index is 7.23. The molecule has 0 aromatic carbocycles. The van der Waals surface area contributed by atoms with Crippen LogP contribution in [0.5, 0.6) is 5.75 Å².